The summed E-state index contributed by atoms with van der Waals surface area (Å²) in [5.41, 5.74) is 5.62. The SMILES string of the molecule is CCOC(=O)N1CCC(NC(=O)CCC(C)N)CC1. The first-order valence-corrected chi connectivity index (χ1v) is 6.99. The Morgan fingerprint density at radius 1 is 1.42 bits per heavy atom. The van der Waals surface area contributed by atoms with Crippen LogP contribution in [0.4, 0.5) is 4.79 Å². The van der Waals surface area contributed by atoms with Crippen molar-refractivity contribution in [3.8, 4) is 0 Å². The van der Waals surface area contributed by atoms with Gasteiger partial charge in [-0.2, -0.15) is 0 Å². The number of amides is 2. The Morgan fingerprint density at radius 3 is 2.58 bits per heavy atom. The summed E-state index contributed by atoms with van der Waals surface area (Å²) in [6.45, 7) is 5.36. The highest BCUT2D eigenvalue weighted by Gasteiger charge is 2.24. The molecule has 6 heteroatoms. The minimum absolute atomic E-state index is 0.0480. The zero-order chi connectivity index (χ0) is 14.3. The highest BCUT2D eigenvalue weighted by Crippen LogP contribution is 2.11. The quantitative estimate of drug-likeness (QED) is 0.776. The van der Waals surface area contributed by atoms with E-state index in [0.717, 1.165) is 12.8 Å². The summed E-state index contributed by atoms with van der Waals surface area (Å²) in [5.74, 6) is 0.0480. The van der Waals surface area contributed by atoms with E-state index in [1.807, 2.05) is 6.92 Å². The maximum absolute atomic E-state index is 11.7. The first-order valence-electron chi connectivity index (χ1n) is 6.99. The van der Waals surface area contributed by atoms with Crippen LogP contribution >= 0.6 is 0 Å². The van der Waals surface area contributed by atoms with Crippen LogP contribution < -0.4 is 11.1 Å². The average Bonchev–Trinajstić information content (AvgIpc) is 2.37. The van der Waals surface area contributed by atoms with Crippen LogP contribution in [0, 0.1) is 0 Å². The van der Waals surface area contributed by atoms with E-state index in [-0.39, 0.29) is 24.1 Å². The molecule has 1 unspecified atom stereocenters. The van der Waals surface area contributed by atoms with Gasteiger partial charge in [0.25, 0.3) is 0 Å². The van der Waals surface area contributed by atoms with E-state index in [1.54, 1.807) is 11.8 Å². The summed E-state index contributed by atoms with van der Waals surface area (Å²) in [5, 5.41) is 2.99. The average molecular weight is 271 g/mol. The van der Waals surface area contributed by atoms with E-state index in [9.17, 15) is 9.59 Å². The second-order valence-corrected chi connectivity index (χ2v) is 5.04. The van der Waals surface area contributed by atoms with E-state index in [0.29, 0.717) is 32.5 Å². The highest BCUT2D eigenvalue weighted by atomic mass is 16.6. The van der Waals surface area contributed by atoms with Crippen LogP contribution in [-0.4, -0.2) is 48.7 Å². The number of nitrogens with zero attached hydrogens (tertiary/aromatic N) is 1. The highest BCUT2D eigenvalue weighted by molar-refractivity contribution is 5.76. The van der Waals surface area contributed by atoms with Gasteiger partial charge >= 0.3 is 6.09 Å². The van der Waals surface area contributed by atoms with Crippen LogP contribution in [0.25, 0.3) is 0 Å². The molecule has 1 rings (SSSR count). The maximum atomic E-state index is 11.7. The van der Waals surface area contributed by atoms with Crippen molar-refractivity contribution in [2.24, 2.45) is 5.73 Å². The van der Waals surface area contributed by atoms with Crippen molar-refractivity contribution >= 4 is 12.0 Å². The number of likely N-dealkylation sites (tertiary alicyclic amines) is 1. The second kappa shape index (κ2) is 7.99. The Morgan fingerprint density at radius 2 is 2.05 bits per heavy atom. The van der Waals surface area contributed by atoms with Crippen molar-refractivity contribution in [1.29, 1.82) is 0 Å². The molecule has 0 aromatic heterocycles. The van der Waals surface area contributed by atoms with E-state index < -0.39 is 0 Å². The standard InChI is InChI=1S/C13H25N3O3/c1-3-19-13(18)16-8-6-11(7-9-16)15-12(17)5-4-10(2)14/h10-11H,3-9,14H2,1-2H3,(H,15,17). The van der Waals surface area contributed by atoms with Gasteiger partial charge in [0.1, 0.15) is 0 Å². The largest absolute Gasteiger partial charge is 0.450 e. The molecule has 3 N–H and O–H groups in total. The molecule has 6 nitrogen and oxygen atoms in total. The number of rotatable bonds is 5. The Labute approximate surface area is 114 Å². The van der Waals surface area contributed by atoms with Crippen molar-refractivity contribution in [2.75, 3.05) is 19.7 Å². The first-order chi connectivity index (χ1) is 9.02. The molecule has 0 radical (unpaired) electrons. The minimum Gasteiger partial charge on any atom is -0.450 e. The van der Waals surface area contributed by atoms with Crippen LogP contribution in [0.1, 0.15) is 39.5 Å². The first kappa shape index (κ1) is 15.8. The van der Waals surface area contributed by atoms with Crippen LogP contribution in [0.15, 0.2) is 0 Å². The van der Waals surface area contributed by atoms with Gasteiger partial charge in [-0.15, -0.1) is 0 Å². The van der Waals surface area contributed by atoms with E-state index in [4.69, 9.17) is 10.5 Å². The van der Waals surface area contributed by atoms with Crippen LogP contribution in [0.3, 0.4) is 0 Å². The molecule has 0 aromatic rings. The van der Waals surface area contributed by atoms with Gasteiger partial charge in [-0.25, -0.2) is 4.79 Å². The second-order valence-electron chi connectivity index (χ2n) is 5.04. The van der Waals surface area contributed by atoms with Crippen LogP contribution in [0.5, 0.6) is 0 Å². The summed E-state index contributed by atoms with van der Waals surface area (Å²) in [7, 11) is 0. The van der Waals surface area contributed by atoms with Crippen molar-refractivity contribution in [2.45, 2.75) is 51.6 Å². The maximum Gasteiger partial charge on any atom is 0.409 e. The fourth-order valence-electron chi connectivity index (χ4n) is 2.08. The zero-order valence-electron chi connectivity index (χ0n) is 11.9. The van der Waals surface area contributed by atoms with E-state index in [1.165, 1.54) is 0 Å². The minimum atomic E-state index is -0.260. The lowest BCUT2D eigenvalue weighted by Gasteiger charge is -2.31. The Hall–Kier alpha value is -1.30. The molecule has 1 aliphatic rings. The molecule has 1 fully saturated rings. The Bertz CT molecular complexity index is 300. The topological polar surface area (TPSA) is 84.7 Å². The number of hydrogen-bond acceptors (Lipinski definition) is 4. The van der Waals surface area contributed by atoms with Gasteiger partial charge in [0.2, 0.25) is 5.91 Å². The number of nitrogens with one attached hydrogen (secondary N) is 1. The predicted octanol–water partition coefficient (Wildman–Crippen LogP) is 0.851. The predicted molar refractivity (Wildman–Crippen MR) is 72.6 cm³/mol. The molecule has 0 spiro atoms. The third-order valence-electron chi connectivity index (χ3n) is 3.21. The zero-order valence-corrected chi connectivity index (χ0v) is 11.9. The summed E-state index contributed by atoms with van der Waals surface area (Å²) in [4.78, 5) is 24.9. The molecule has 0 saturated carbocycles. The molecule has 0 bridgehead atoms. The summed E-state index contributed by atoms with van der Waals surface area (Å²) >= 11 is 0. The van der Waals surface area contributed by atoms with Gasteiger partial charge in [-0.05, 0) is 33.1 Å². The van der Waals surface area contributed by atoms with Gasteiger partial charge < -0.3 is 20.7 Å². The van der Waals surface area contributed by atoms with Gasteiger partial charge in [0.05, 0.1) is 6.61 Å². The molecule has 1 heterocycles. The monoisotopic (exact) mass is 271 g/mol. The number of carbonyl (C=O) groups is 2. The summed E-state index contributed by atoms with van der Waals surface area (Å²) < 4.78 is 4.95. The molecule has 2 amide bonds. The van der Waals surface area contributed by atoms with Gasteiger partial charge in [-0.3, -0.25) is 4.79 Å². The van der Waals surface area contributed by atoms with Crippen molar-refractivity contribution in [1.82, 2.24) is 10.2 Å². The Kier molecular flexibility index (Phi) is 6.62. The third-order valence-corrected chi connectivity index (χ3v) is 3.21. The van der Waals surface area contributed by atoms with Crippen LogP contribution in [-0.2, 0) is 9.53 Å². The normalized spacial score (nSPS) is 17.9. The Balaban J connectivity index is 2.22. The molecular formula is C13H25N3O3. The van der Waals surface area contributed by atoms with Gasteiger partial charge in [0.15, 0.2) is 0 Å². The van der Waals surface area contributed by atoms with Crippen molar-refractivity contribution in [3.63, 3.8) is 0 Å². The number of ether oxygens (including phenoxy) is 1. The fraction of sp³-hybridized carbons (Fsp3) is 0.846. The smallest absolute Gasteiger partial charge is 0.409 e. The van der Waals surface area contributed by atoms with Crippen molar-refractivity contribution < 1.29 is 14.3 Å². The lowest BCUT2D eigenvalue weighted by molar-refractivity contribution is -0.122. The number of carbonyl (C=O) groups excluding carboxylic acids is 2. The number of piperidine rings is 1. The van der Waals surface area contributed by atoms with Gasteiger partial charge in [0, 0.05) is 31.6 Å². The van der Waals surface area contributed by atoms with E-state index in [2.05, 4.69) is 5.32 Å². The van der Waals surface area contributed by atoms with E-state index >= 15 is 0 Å². The molecular weight excluding hydrogens is 246 g/mol. The lowest BCUT2D eigenvalue weighted by atomic mass is 10.0. The fourth-order valence-corrected chi connectivity index (χ4v) is 2.08. The molecule has 0 aromatic carbocycles. The lowest BCUT2D eigenvalue weighted by Crippen LogP contribution is -2.46. The van der Waals surface area contributed by atoms with Crippen LogP contribution in [0.2, 0.25) is 0 Å². The van der Waals surface area contributed by atoms with Crippen molar-refractivity contribution in [3.05, 3.63) is 0 Å². The molecule has 110 valence electrons. The third kappa shape index (κ3) is 5.92. The molecule has 19 heavy (non-hydrogen) atoms. The summed E-state index contributed by atoms with van der Waals surface area (Å²) in [6.07, 6.45) is 2.47. The number of hydrogen-bond donors (Lipinski definition) is 2. The summed E-state index contributed by atoms with van der Waals surface area (Å²) in [6, 6.07) is 0.211. The molecule has 1 aliphatic heterocycles. The molecule has 1 saturated heterocycles. The number of nitrogens with two attached hydrogens (primary N) is 1. The van der Waals surface area contributed by atoms with Gasteiger partial charge in [-0.1, -0.05) is 0 Å². The molecule has 0 aliphatic carbocycles. The molecule has 1 atom stereocenters.